The summed E-state index contributed by atoms with van der Waals surface area (Å²) in [5.41, 5.74) is 2.32. The summed E-state index contributed by atoms with van der Waals surface area (Å²) in [6.07, 6.45) is 2.84. The van der Waals surface area contributed by atoms with Crippen molar-refractivity contribution in [2.75, 3.05) is 6.26 Å². The van der Waals surface area contributed by atoms with Crippen molar-refractivity contribution in [2.24, 2.45) is 0 Å². The van der Waals surface area contributed by atoms with Crippen molar-refractivity contribution in [1.82, 2.24) is 4.98 Å². The molecule has 0 saturated heterocycles. The molecule has 1 aromatic heterocycles. The van der Waals surface area contributed by atoms with Crippen molar-refractivity contribution in [2.45, 2.75) is 4.90 Å². The Kier molecular flexibility index (Phi) is 5.21. The monoisotopic (exact) mass is 443 g/mol. The molecule has 4 nitrogen and oxygen atoms in total. The lowest BCUT2D eigenvalue weighted by molar-refractivity contribution is 0.481. The van der Waals surface area contributed by atoms with Crippen LogP contribution in [0.15, 0.2) is 77.8 Å². The summed E-state index contributed by atoms with van der Waals surface area (Å²) in [4.78, 5) is 4.55. The lowest BCUT2D eigenvalue weighted by atomic mass is 10.0. The van der Waals surface area contributed by atoms with Crippen LogP contribution in [0.3, 0.4) is 0 Å². The third kappa shape index (κ3) is 4.08. The zero-order valence-electron chi connectivity index (χ0n) is 15.3. The fourth-order valence-corrected chi connectivity index (χ4v) is 4.15. The lowest BCUT2D eigenvalue weighted by Crippen LogP contribution is -1.97. The Morgan fingerprint density at radius 3 is 2.38 bits per heavy atom. The van der Waals surface area contributed by atoms with Crippen LogP contribution in [0, 0.1) is 0 Å². The van der Waals surface area contributed by atoms with Crippen LogP contribution in [0.4, 0.5) is 0 Å². The average Bonchev–Trinajstić information content (AvgIpc) is 2.69. The summed E-state index contributed by atoms with van der Waals surface area (Å²) in [6.45, 7) is 0. The van der Waals surface area contributed by atoms with E-state index < -0.39 is 9.84 Å². The maximum atomic E-state index is 11.8. The van der Waals surface area contributed by atoms with Gasteiger partial charge in [-0.1, -0.05) is 41.4 Å². The average molecular weight is 444 g/mol. The first-order valence-corrected chi connectivity index (χ1v) is 11.3. The van der Waals surface area contributed by atoms with Gasteiger partial charge >= 0.3 is 0 Å². The van der Waals surface area contributed by atoms with Gasteiger partial charge in [-0.15, -0.1) is 0 Å². The van der Waals surface area contributed by atoms with Gasteiger partial charge in [0.25, 0.3) is 0 Å². The molecule has 0 spiro atoms. The number of halogens is 2. The van der Waals surface area contributed by atoms with Gasteiger partial charge in [0.1, 0.15) is 11.5 Å². The molecule has 0 aliphatic rings. The fraction of sp³-hybridized carbons (Fsp3) is 0.0455. The van der Waals surface area contributed by atoms with Crippen molar-refractivity contribution in [1.29, 1.82) is 0 Å². The van der Waals surface area contributed by atoms with Crippen molar-refractivity contribution in [3.05, 3.63) is 83.0 Å². The van der Waals surface area contributed by atoms with E-state index in [0.29, 0.717) is 27.1 Å². The highest BCUT2D eigenvalue weighted by Crippen LogP contribution is 2.37. The van der Waals surface area contributed by atoms with Crippen LogP contribution in [0.2, 0.25) is 10.0 Å². The molecule has 4 aromatic rings. The van der Waals surface area contributed by atoms with Crippen LogP contribution in [-0.2, 0) is 9.84 Å². The number of rotatable bonds is 4. The first-order valence-electron chi connectivity index (χ1n) is 8.64. The summed E-state index contributed by atoms with van der Waals surface area (Å²) in [6, 6.07) is 19.1. The minimum atomic E-state index is -3.32. The first kappa shape index (κ1) is 19.7. The van der Waals surface area contributed by atoms with Crippen LogP contribution in [-0.4, -0.2) is 19.7 Å². The highest BCUT2D eigenvalue weighted by Gasteiger charge is 2.13. The molecule has 146 valence electrons. The quantitative estimate of drug-likeness (QED) is 0.365. The van der Waals surface area contributed by atoms with Gasteiger partial charge in [0.15, 0.2) is 9.84 Å². The molecular weight excluding hydrogens is 429 g/mol. The van der Waals surface area contributed by atoms with E-state index in [2.05, 4.69) is 4.98 Å². The molecule has 1 heterocycles. The van der Waals surface area contributed by atoms with Gasteiger partial charge in [0, 0.05) is 28.4 Å². The third-order valence-electron chi connectivity index (χ3n) is 4.42. The van der Waals surface area contributed by atoms with Crippen molar-refractivity contribution in [3.63, 3.8) is 0 Å². The zero-order chi connectivity index (χ0) is 20.6. The fourth-order valence-electron chi connectivity index (χ4n) is 3.05. The molecule has 7 heteroatoms. The standard InChI is InChI=1S/C22H15Cl2NO3S/c1-29(26,27)16-5-2-4-14(12-16)28-15-8-9-20(23)19(13-15)17-10-11-25-22-18(17)6-3-7-21(22)24/h2-13H,1H3. The maximum Gasteiger partial charge on any atom is 0.175 e. The zero-order valence-corrected chi connectivity index (χ0v) is 17.6. The van der Waals surface area contributed by atoms with E-state index in [0.717, 1.165) is 22.8 Å². The molecule has 0 fully saturated rings. The van der Waals surface area contributed by atoms with E-state index in [4.69, 9.17) is 27.9 Å². The molecule has 3 aromatic carbocycles. The SMILES string of the molecule is CS(=O)(=O)c1cccc(Oc2ccc(Cl)c(-c3ccnc4c(Cl)cccc34)c2)c1. The Morgan fingerprint density at radius 2 is 1.59 bits per heavy atom. The summed E-state index contributed by atoms with van der Waals surface area (Å²) >= 11 is 12.7. The van der Waals surface area contributed by atoms with E-state index in [-0.39, 0.29) is 4.90 Å². The Morgan fingerprint density at radius 1 is 0.828 bits per heavy atom. The number of hydrogen-bond donors (Lipinski definition) is 0. The molecule has 0 atom stereocenters. The molecule has 29 heavy (non-hydrogen) atoms. The van der Waals surface area contributed by atoms with Crippen molar-refractivity contribution >= 4 is 43.9 Å². The Labute approximate surface area is 178 Å². The smallest absolute Gasteiger partial charge is 0.175 e. The number of pyridine rings is 1. The Balaban J connectivity index is 1.78. The minimum absolute atomic E-state index is 0.193. The van der Waals surface area contributed by atoms with E-state index >= 15 is 0 Å². The Bertz CT molecular complexity index is 1340. The number of ether oxygens (including phenoxy) is 1. The third-order valence-corrected chi connectivity index (χ3v) is 6.16. The lowest BCUT2D eigenvalue weighted by Gasteiger charge is -2.12. The van der Waals surface area contributed by atoms with E-state index in [1.165, 1.54) is 12.1 Å². The minimum Gasteiger partial charge on any atom is -0.457 e. The number of sulfone groups is 1. The second-order valence-corrected chi connectivity index (χ2v) is 9.32. The highest BCUT2D eigenvalue weighted by molar-refractivity contribution is 7.90. The summed E-state index contributed by atoms with van der Waals surface area (Å²) in [5, 5.41) is 1.98. The number of aromatic nitrogens is 1. The van der Waals surface area contributed by atoms with Crippen LogP contribution >= 0.6 is 23.2 Å². The van der Waals surface area contributed by atoms with Crippen LogP contribution in [0.25, 0.3) is 22.0 Å². The van der Waals surface area contributed by atoms with Crippen molar-refractivity contribution < 1.29 is 13.2 Å². The normalized spacial score (nSPS) is 11.6. The molecule has 0 N–H and O–H groups in total. The van der Waals surface area contributed by atoms with Crippen molar-refractivity contribution in [3.8, 4) is 22.6 Å². The number of hydrogen-bond acceptors (Lipinski definition) is 4. The van der Waals surface area contributed by atoms with E-state index in [1.807, 2.05) is 24.3 Å². The predicted octanol–water partition coefficient (Wildman–Crippen LogP) is 6.40. The molecule has 0 unspecified atom stereocenters. The molecule has 0 aliphatic carbocycles. The Hall–Kier alpha value is -2.60. The molecule has 0 radical (unpaired) electrons. The van der Waals surface area contributed by atoms with Crippen LogP contribution < -0.4 is 4.74 Å². The van der Waals surface area contributed by atoms with Crippen LogP contribution in [0.5, 0.6) is 11.5 Å². The van der Waals surface area contributed by atoms with Gasteiger partial charge in [-0.05, 0) is 54.1 Å². The van der Waals surface area contributed by atoms with Gasteiger partial charge in [0.2, 0.25) is 0 Å². The highest BCUT2D eigenvalue weighted by atomic mass is 35.5. The second-order valence-electron chi connectivity index (χ2n) is 6.49. The number of fused-ring (bicyclic) bond motifs is 1. The summed E-state index contributed by atoms with van der Waals surface area (Å²) < 4.78 is 29.5. The number of nitrogens with zero attached hydrogens (tertiary/aromatic N) is 1. The van der Waals surface area contributed by atoms with E-state index in [1.54, 1.807) is 36.5 Å². The van der Waals surface area contributed by atoms with Gasteiger partial charge in [-0.2, -0.15) is 0 Å². The first-order chi connectivity index (χ1) is 13.8. The van der Waals surface area contributed by atoms with Crippen LogP contribution in [0.1, 0.15) is 0 Å². The predicted molar refractivity (Wildman–Crippen MR) is 117 cm³/mol. The summed E-state index contributed by atoms with van der Waals surface area (Å²) in [7, 11) is -3.32. The number of benzene rings is 3. The molecule has 0 aliphatic heterocycles. The molecule has 4 rings (SSSR count). The largest absolute Gasteiger partial charge is 0.457 e. The van der Waals surface area contributed by atoms with Gasteiger partial charge in [-0.25, -0.2) is 8.42 Å². The maximum absolute atomic E-state index is 11.8. The molecular formula is C22H15Cl2NO3S. The topological polar surface area (TPSA) is 56.3 Å². The molecule has 0 bridgehead atoms. The molecule has 0 saturated carbocycles. The molecule has 0 amide bonds. The summed E-state index contributed by atoms with van der Waals surface area (Å²) in [5.74, 6) is 0.950. The van der Waals surface area contributed by atoms with E-state index in [9.17, 15) is 8.42 Å². The van der Waals surface area contributed by atoms with Gasteiger partial charge in [0.05, 0.1) is 15.4 Å². The number of para-hydroxylation sites is 1. The second kappa shape index (κ2) is 7.67. The van der Waals surface area contributed by atoms with Gasteiger partial charge in [-0.3, -0.25) is 4.98 Å². The van der Waals surface area contributed by atoms with Gasteiger partial charge < -0.3 is 4.74 Å².